The van der Waals surface area contributed by atoms with E-state index >= 15 is 0 Å². The molecule has 0 fully saturated rings. The maximum Gasteiger partial charge on any atom is 0.274 e. The summed E-state index contributed by atoms with van der Waals surface area (Å²) in [5.41, 5.74) is 4.25. The van der Waals surface area contributed by atoms with Crippen LogP contribution in [0.3, 0.4) is 0 Å². The summed E-state index contributed by atoms with van der Waals surface area (Å²) >= 11 is 0. The molecule has 0 saturated carbocycles. The zero-order chi connectivity index (χ0) is 22.2. The molecule has 6 heteroatoms. The van der Waals surface area contributed by atoms with E-state index in [2.05, 4.69) is 5.32 Å². The lowest BCUT2D eigenvalue weighted by molar-refractivity contribution is 0.104. The predicted octanol–water partition coefficient (Wildman–Crippen LogP) is 3.78. The number of nitrogens with zero attached hydrogens (tertiary/aromatic N) is 3. The van der Waals surface area contributed by atoms with Crippen molar-refractivity contribution < 1.29 is 4.79 Å². The lowest BCUT2D eigenvalue weighted by Crippen LogP contribution is -2.30. The van der Waals surface area contributed by atoms with Crippen LogP contribution < -0.4 is 10.9 Å². The molecule has 0 spiro atoms. The Kier molecular flexibility index (Phi) is 5.07. The molecule has 0 atom stereocenters. The van der Waals surface area contributed by atoms with E-state index in [1.165, 1.54) is 4.68 Å². The van der Waals surface area contributed by atoms with Crippen LogP contribution in [-0.2, 0) is 13.1 Å². The molecule has 1 N–H and O–H groups in total. The van der Waals surface area contributed by atoms with E-state index in [4.69, 9.17) is 5.10 Å². The topological polar surface area (TPSA) is 67.2 Å². The van der Waals surface area contributed by atoms with Gasteiger partial charge in [0.2, 0.25) is 0 Å². The number of rotatable bonds is 6. The third-order valence-corrected chi connectivity index (χ3v) is 5.87. The summed E-state index contributed by atoms with van der Waals surface area (Å²) in [5, 5.41) is 9.30. The first-order valence-corrected chi connectivity index (χ1v) is 10.7. The van der Waals surface area contributed by atoms with Crippen molar-refractivity contribution in [2.75, 3.05) is 26.0 Å². The first-order valence-electron chi connectivity index (χ1n) is 10.7. The fourth-order valence-corrected chi connectivity index (χ4v) is 4.22. The molecule has 1 aliphatic carbocycles. The summed E-state index contributed by atoms with van der Waals surface area (Å²) in [5.74, 6) is -0.0819. The zero-order valence-electron chi connectivity index (χ0n) is 18.1. The number of hydrogen-bond acceptors (Lipinski definition) is 5. The number of fused-ring (bicyclic) bond motifs is 2. The Labute approximate surface area is 186 Å². The molecule has 0 bridgehead atoms. The Hall–Kier alpha value is -3.77. The van der Waals surface area contributed by atoms with Gasteiger partial charge >= 0.3 is 0 Å². The number of hydrogen-bond donors (Lipinski definition) is 1. The molecule has 1 aromatic heterocycles. The molecule has 5 rings (SSSR count). The largest absolute Gasteiger partial charge is 0.380 e. The van der Waals surface area contributed by atoms with Crippen LogP contribution in [-0.4, -0.2) is 41.1 Å². The second-order valence-electron chi connectivity index (χ2n) is 8.30. The quantitative estimate of drug-likeness (QED) is 0.449. The Balaban J connectivity index is 1.71. The predicted molar refractivity (Wildman–Crippen MR) is 127 cm³/mol. The summed E-state index contributed by atoms with van der Waals surface area (Å²) < 4.78 is 1.52. The monoisotopic (exact) mass is 424 g/mol. The Bertz CT molecular complexity index is 1390. The Morgan fingerprint density at radius 2 is 1.62 bits per heavy atom. The zero-order valence-corrected chi connectivity index (χ0v) is 18.1. The number of nitrogens with one attached hydrogen (secondary N) is 1. The maximum absolute atomic E-state index is 13.6. The molecule has 0 aliphatic heterocycles. The summed E-state index contributed by atoms with van der Waals surface area (Å²) in [6.07, 6.45) is 0. The SMILES string of the molecule is CN(C)CCn1nc2c3c(c(NCc4ccccc4)ccc3c1=O)C(=O)c1ccccc1-2. The van der Waals surface area contributed by atoms with Crippen molar-refractivity contribution in [2.24, 2.45) is 0 Å². The molecule has 0 unspecified atom stereocenters. The van der Waals surface area contributed by atoms with Crippen LogP contribution in [0.25, 0.3) is 22.0 Å². The summed E-state index contributed by atoms with van der Waals surface area (Å²) in [6, 6.07) is 21.2. The third-order valence-electron chi connectivity index (χ3n) is 5.87. The molecule has 0 saturated heterocycles. The number of benzene rings is 3. The van der Waals surface area contributed by atoms with Crippen molar-refractivity contribution in [1.82, 2.24) is 14.7 Å². The van der Waals surface area contributed by atoms with Gasteiger partial charge in [0.05, 0.1) is 17.5 Å². The lowest BCUT2D eigenvalue weighted by Gasteiger charge is -2.23. The molecule has 0 radical (unpaired) electrons. The lowest BCUT2D eigenvalue weighted by atomic mass is 9.85. The number of aromatic nitrogens is 2. The van der Waals surface area contributed by atoms with Crippen molar-refractivity contribution in [1.29, 1.82) is 0 Å². The van der Waals surface area contributed by atoms with E-state index in [0.29, 0.717) is 52.9 Å². The second-order valence-corrected chi connectivity index (χ2v) is 8.30. The molecular weight excluding hydrogens is 400 g/mol. The molecule has 4 aromatic rings. The first kappa shape index (κ1) is 20.2. The third kappa shape index (κ3) is 3.39. The van der Waals surface area contributed by atoms with E-state index < -0.39 is 0 Å². The number of anilines is 1. The van der Waals surface area contributed by atoms with Gasteiger partial charge in [0, 0.05) is 35.3 Å². The molecule has 32 heavy (non-hydrogen) atoms. The van der Waals surface area contributed by atoms with Gasteiger partial charge in [0.15, 0.2) is 5.78 Å². The van der Waals surface area contributed by atoms with Crippen LogP contribution in [0.15, 0.2) is 71.5 Å². The fraction of sp³-hybridized carbons (Fsp3) is 0.192. The second kappa shape index (κ2) is 8.05. The minimum atomic E-state index is -0.173. The van der Waals surface area contributed by atoms with Crippen LogP contribution in [0.4, 0.5) is 5.69 Å². The van der Waals surface area contributed by atoms with Gasteiger partial charge in [0.1, 0.15) is 5.69 Å². The van der Waals surface area contributed by atoms with Crippen LogP contribution in [0.1, 0.15) is 21.5 Å². The highest BCUT2D eigenvalue weighted by Crippen LogP contribution is 2.40. The van der Waals surface area contributed by atoms with Gasteiger partial charge in [-0.05, 0) is 31.8 Å². The molecule has 3 aromatic carbocycles. The van der Waals surface area contributed by atoms with Gasteiger partial charge in [-0.15, -0.1) is 0 Å². The van der Waals surface area contributed by atoms with E-state index in [9.17, 15) is 9.59 Å². The van der Waals surface area contributed by atoms with Crippen molar-refractivity contribution >= 4 is 22.2 Å². The minimum Gasteiger partial charge on any atom is -0.380 e. The molecule has 6 nitrogen and oxygen atoms in total. The van der Waals surface area contributed by atoms with Crippen molar-refractivity contribution in [3.05, 3.63) is 93.8 Å². The molecular formula is C26H24N4O2. The van der Waals surface area contributed by atoms with Crippen LogP contribution in [0, 0.1) is 0 Å². The van der Waals surface area contributed by atoms with Gasteiger partial charge < -0.3 is 10.2 Å². The van der Waals surface area contributed by atoms with Crippen molar-refractivity contribution in [3.63, 3.8) is 0 Å². The summed E-state index contributed by atoms with van der Waals surface area (Å²) in [7, 11) is 3.93. The van der Waals surface area contributed by atoms with Crippen LogP contribution in [0.5, 0.6) is 0 Å². The molecule has 1 aliphatic rings. The van der Waals surface area contributed by atoms with Gasteiger partial charge in [0.25, 0.3) is 5.56 Å². The van der Waals surface area contributed by atoms with E-state index in [0.717, 1.165) is 11.1 Å². The smallest absolute Gasteiger partial charge is 0.274 e. The average molecular weight is 425 g/mol. The highest BCUT2D eigenvalue weighted by Gasteiger charge is 2.30. The van der Waals surface area contributed by atoms with Crippen LogP contribution >= 0.6 is 0 Å². The number of likely N-dealkylation sites (N-methyl/N-ethyl adjacent to an activating group) is 1. The Morgan fingerprint density at radius 3 is 2.38 bits per heavy atom. The van der Waals surface area contributed by atoms with Gasteiger partial charge in [-0.25, -0.2) is 4.68 Å². The van der Waals surface area contributed by atoms with Gasteiger partial charge in [-0.2, -0.15) is 5.10 Å². The number of carbonyl (C=O) groups excluding carboxylic acids is 1. The highest BCUT2D eigenvalue weighted by atomic mass is 16.1. The van der Waals surface area contributed by atoms with Crippen LogP contribution in [0.2, 0.25) is 0 Å². The van der Waals surface area contributed by atoms with Gasteiger partial charge in [-0.1, -0.05) is 54.6 Å². The summed E-state index contributed by atoms with van der Waals surface area (Å²) in [4.78, 5) is 28.8. The Morgan fingerprint density at radius 1 is 0.906 bits per heavy atom. The molecule has 1 heterocycles. The number of carbonyl (C=O) groups is 1. The van der Waals surface area contributed by atoms with E-state index in [-0.39, 0.29) is 11.3 Å². The van der Waals surface area contributed by atoms with Gasteiger partial charge in [-0.3, -0.25) is 9.59 Å². The minimum absolute atomic E-state index is 0.0819. The average Bonchev–Trinajstić information content (AvgIpc) is 2.81. The molecule has 160 valence electrons. The summed E-state index contributed by atoms with van der Waals surface area (Å²) in [6.45, 7) is 1.76. The highest BCUT2D eigenvalue weighted by molar-refractivity contribution is 6.27. The first-order chi connectivity index (χ1) is 15.5. The van der Waals surface area contributed by atoms with Crippen molar-refractivity contribution in [3.8, 4) is 11.3 Å². The standard InChI is InChI=1S/C26H24N4O2/c1-29(2)14-15-30-26(32)20-12-13-21(27-16-17-8-4-3-5-9-17)23-22(20)24(28-30)18-10-6-7-11-19(18)25(23)31/h3-13,27H,14-16H2,1-2H3. The fourth-order valence-electron chi connectivity index (χ4n) is 4.22. The van der Waals surface area contributed by atoms with E-state index in [1.54, 1.807) is 0 Å². The normalized spacial score (nSPS) is 12.3. The van der Waals surface area contributed by atoms with Crippen molar-refractivity contribution in [2.45, 2.75) is 13.1 Å². The van der Waals surface area contributed by atoms with E-state index in [1.807, 2.05) is 85.7 Å². The molecule has 0 amide bonds. The number of ketones is 1. The maximum atomic E-state index is 13.6.